The molecule has 0 atom stereocenters. The third kappa shape index (κ3) is 4.31. The Labute approximate surface area is 160 Å². The van der Waals surface area contributed by atoms with E-state index in [1.54, 1.807) is 24.3 Å². The minimum absolute atomic E-state index is 0.0777. The van der Waals surface area contributed by atoms with Crippen LogP contribution in [0, 0.1) is 6.92 Å². The van der Waals surface area contributed by atoms with E-state index in [9.17, 15) is 13.2 Å². The summed E-state index contributed by atoms with van der Waals surface area (Å²) < 4.78 is 32.9. The molecule has 2 aromatic carbocycles. The summed E-state index contributed by atoms with van der Waals surface area (Å²) >= 11 is 0. The molecule has 2 aromatic rings. The van der Waals surface area contributed by atoms with Gasteiger partial charge in [0.2, 0.25) is 10.0 Å². The third-order valence-corrected chi connectivity index (χ3v) is 6.55. The summed E-state index contributed by atoms with van der Waals surface area (Å²) in [6.07, 6.45) is 2.74. The molecule has 0 aromatic heterocycles. The molecule has 1 amide bonds. The van der Waals surface area contributed by atoms with Gasteiger partial charge in [-0.25, -0.2) is 8.42 Å². The molecule has 1 aliphatic heterocycles. The zero-order valence-electron chi connectivity index (χ0n) is 15.6. The van der Waals surface area contributed by atoms with E-state index in [4.69, 9.17) is 4.74 Å². The summed E-state index contributed by atoms with van der Waals surface area (Å²) in [6.45, 7) is 2.92. The molecule has 0 spiro atoms. The van der Waals surface area contributed by atoms with Crippen molar-refractivity contribution < 1.29 is 17.9 Å². The number of sulfonamides is 1. The molecule has 1 N–H and O–H groups in total. The maximum atomic E-state index is 13.1. The number of ether oxygens (including phenoxy) is 1. The quantitative estimate of drug-likeness (QED) is 0.851. The van der Waals surface area contributed by atoms with Gasteiger partial charge in [-0.15, -0.1) is 0 Å². The van der Waals surface area contributed by atoms with Gasteiger partial charge in [0.15, 0.2) is 0 Å². The maximum Gasteiger partial charge on any atom is 0.255 e. The summed E-state index contributed by atoms with van der Waals surface area (Å²) in [4.78, 5) is 12.6. The summed E-state index contributed by atoms with van der Waals surface area (Å²) in [5.41, 5.74) is 1.91. The van der Waals surface area contributed by atoms with Crippen molar-refractivity contribution in [3.05, 3.63) is 53.6 Å². The van der Waals surface area contributed by atoms with E-state index in [0.717, 1.165) is 24.8 Å². The van der Waals surface area contributed by atoms with E-state index in [1.165, 1.54) is 17.5 Å². The number of hydrogen-bond acceptors (Lipinski definition) is 4. The van der Waals surface area contributed by atoms with Gasteiger partial charge in [-0.2, -0.15) is 4.31 Å². The van der Waals surface area contributed by atoms with Crippen LogP contribution in [0.15, 0.2) is 47.4 Å². The number of anilines is 1. The van der Waals surface area contributed by atoms with Crippen LogP contribution < -0.4 is 10.1 Å². The van der Waals surface area contributed by atoms with Gasteiger partial charge in [0.05, 0.1) is 7.11 Å². The number of piperidine rings is 1. The van der Waals surface area contributed by atoms with Gasteiger partial charge in [-0.1, -0.05) is 24.1 Å². The first kappa shape index (κ1) is 19.4. The number of carbonyl (C=O) groups is 1. The molecule has 1 fully saturated rings. The Morgan fingerprint density at radius 2 is 1.81 bits per heavy atom. The van der Waals surface area contributed by atoms with Crippen LogP contribution >= 0.6 is 0 Å². The Morgan fingerprint density at radius 1 is 1.07 bits per heavy atom. The maximum absolute atomic E-state index is 13.1. The highest BCUT2D eigenvalue weighted by atomic mass is 32.2. The van der Waals surface area contributed by atoms with Crippen molar-refractivity contribution in [3.8, 4) is 5.75 Å². The fraction of sp³-hybridized carbons (Fsp3) is 0.350. The minimum Gasteiger partial charge on any atom is -0.495 e. The molecule has 144 valence electrons. The number of nitrogens with zero attached hydrogens (tertiary/aromatic N) is 1. The Bertz CT molecular complexity index is 935. The highest BCUT2D eigenvalue weighted by Gasteiger charge is 2.29. The second-order valence-corrected chi connectivity index (χ2v) is 8.56. The molecule has 1 saturated heterocycles. The number of rotatable bonds is 5. The number of nitrogens with one attached hydrogen (secondary N) is 1. The molecule has 6 nitrogen and oxygen atoms in total. The molecular weight excluding hydrogens is 364 g/mol. The molecule has 0 aliphatic carbocycles. The molecule has 0 bridgehead atoms. The number of amides is 1. The summed E-state index contributed by atoms with van der Waals surface area (Å²) in [5, 5.41) is 2.77. The number of methoxy groups -OCH3 is 1. The summed E-state index contributed by atoms with van der Waals surface area (Å²) in [7, 11) is -2.24. The highest BCUT2D eigenvalue weighted by molar-refractivity contribution is 7.89. The van der Waals surface area contributed by atoms with Crippen LogP contribution in [0.3, 0.4) is 0 Å². The lowest BCUT2D eigenvalue weighted by Gasteiger charge is -2.26. The van der Waals surface area contributed by atoms with E-state index < -0.39 is 10.0 Å². The second-order valence-electron chi connectivity index (χ2n) is 6.65. The summed E-state index contributed by atoms with van der Waals surface area (Å²) in [5.74, 6) is -0.0145. The smallest absolute Gasteiger partial charge is 0.255 e. The normalized spacial score (nSPS) is 15.3. The fourth-order valence-corrected chi connectivity index (χ4v) is 4.89. The molecular formula is C20H24N2O4S. The monoisotopic (exact) mass is 388 g/mol. The van der Waals surface area contributed by atoms with Crippen molar-refractivity contribution in [2.24, 2.45) is 0 Å². The van der Waals surface area contributed by atoms with Gasteiger partial charge in [0.25, 0.3) is 5.91 Å². The number of carbonyl (C=O) groups excluding carboxylic acids is 1. The number of hydrogen-bond donors (Lipinski definition) is 1. The van der Waals surface area contributed by atoms with Crippen LogP contribution in [0.4, 0.5) is 5.69 Å². The lowest BCUT2D eigenvalue weighted by molar-refractivity contribution is 0.102. The van der Waals surface area contributed by atoms with Crippen LogP contribution in [0.5, 0.6) is 5.75 Å². The summed E-state index contributed by atoms with van der Waals surface area (Å²) in [6, 6.07) is 11.9. The van der Waals surface area contributed by atoms with Crippen LogP contribution in [-0.2, 0) is 10.0 Å². The van der Waals surface area contributed by atoms with Gasteiger partial charge in [-0.3, -0.25) is 4.79 Å². The molecule has 1 aliphatic rings. The molecule has 27 heavy (non-hydrogen) atoms. The van der Waals surface area contributed by atoms with E-state index in [2.05, 4.69) is 5.32 Å². The molecule has 1 heterocycles. The average Bonchev–Trinajstić information content (AvgIpc) is 2.68. The van der Waals surface area contributed by atoms with Gasteiger partial charge >= 0.3 is 0 Å². The van der Waals surface area contributed by atoms with Gasteiger partial charge in [0, 0.05) is 24.3 Å². The van der Waals surface area contributed by atoms with Crippen molar-refractivity contribution in [1.82, 2.24) is 4.31 Å². The first-order valence-electron chi connectivity index (χ1n) is 8.98. The zero-order valence-corrected chi connectivity index (χ0v) is 16.4. The van der Waals surface area contributed by atoms with E-state index in [0.29, 0.717) is 24.3 Å². The van der Waals surface area contributed by atoms with Crippen molar-refractivity contribution in [1.29, 1.82) is 0 Å². The van der Waals surface area contributed by atoms with Gasteiger partial charge < -0.3 is 10.1 Å². The predicted molar refractivity (Wildman–Crippen MR) is 105 cm³/mol. The van der Waals surface area contributed by atoms with Crippen LogP contribution in [0.1, 0.15) is 35.2 Å². The average molecular weight is 388 g/mol. The van der Waals surface area contributed by atoms with Gasteiger partial charge in [-0.05, 0) is 50.1 Å². The van der Waals surface area contributed by atoms with Crippen LogP contribution in [0.25, 0.3) is 0 Å². The fourth-order valence-electron chi connectivity index (χ4n) is 3.19. The Hall–Kier alpha value is -2.38. The number of aryl methyl sites for hydroxylation is 1. The topological polar surface area (TPSA) is 75.7 Å². The van der Waals surface area contributed by atoms with Crippen molar-refractivity contribution in [2.45, 2.75) is 31.1 Å². The molecule has 0 radical (unpaired) electrons. The third-order valence-electron chi connectivity index (χ3n) is 4.63. The van der Waals surface area contributed by atoms with E-state index in [1.807, 2.05) is 19.1 Å². The van der Waals surface area contributed by atoms with Crippen molar-refractivity contribution in [3.63, 3.8) is 0 Å². The highest BCUT2D eigenvalue weighted by Crippen LogP contribution is 2.31. The molecule has 7 heteroatoms. The Kier molecular flexibility index (Phi) is 5.82. The largest absolute Gasteiger partial charge is 0.495 e. The molecule has 0 saturated carbocycles. The van der Waals surface area contributed by atoms with Crippen LogP contribution in [-0.4, -0.2) is 38.8 Å². The van der Waals surface area contributed by atoms with E-state index >= 15 is 0 Å². The molecule has 3 rings (SSSR count). The first-order valence-corrected chi connectivity index (χ1v) is 10.4. The Balaban J connectivity index is 1.90. The van der Waals surface area contributed by atoms with E-state index in [-0.39, 0.29) is 16.6 Å². The lowest BCUT2D eigenvalue weighted by atomic mass is 10.1. The molecule has 0 unspecified atom stereocenters. The SMILES string of the molecule is COc1ccc(NC(=O)c2cccc(C)c2)cc1S(=O)(=O)N1CCCCC1. The van der Waals surface area contributed by atoms with Gasteiger partial charge in [0.1, 0.15) is 10.6 Å². The first-order chi connectivity index (χ1) is 12.9. The lowest BCUT2D eigenvalue weighted by Crippen LogP contribution is -2.35. The Morgan fingerprint density at radius 3 is 2.48 bits per heavy atom. The van der Waals surface area contributed by atoms with Crippen molar-refractivity contribution >= 4 is 21.6 Å². The predicted octanol–water partition coefficient (Wildman–Crippen LogP) is 3.43. The van der Waals surface area contributed by atoms with Crippen LogP contribution in [0.2, 0.25) is 0 Å². The number of benzene rings is 2. The second kappa shape index (κ2) is 8.10. The zero-order chi connectivity index (χ0) is 19.4. The standard InChI is InChI=1S/C20H24N2O4S/c1-15-7-6-8-16(13-15)20(23)21-17-9-10-18(26-2)19(14-17)27(24,25)22-11-4-3-5-12-22/h6-10,13-14H,3-5,11-12H2,1-2H3,(H,21,23). The van der Waals surface area contributed by atoms with Crippen molar-refractivity contribution in [2.75, 3.05) is 25.5 Å². The minimum atomic E-state index is -3.68.